The fourth-order valence-electron chi connectivity index (χ4n) is 3.06. The van der Waals surface area contributed by atoms with Gasteiger partial charge in [0, 0.05) is 49.5 Å². The van der Waals surface area contributed by atoms with Crippen molar-refractivity contribution in [1.82, 2.24) is 14.8 Å². The Balaban J connectivity index is 1.46. The zero-order chi connectivity index (χ0) is 17.6. The van der Waals surface area contributed by atoms with Gasteiger partial charge < -0.3 is 4.90 Å². The van der Waals surface area contributed by atoms with E-state index in [0.717, 1.165) is 31.1 Å². The largest absolute Gasteiger partial charge is 0.339 e. The lowest BCUT2D eigenvalue weighted by Gasteiger charge is -2.38. The van der Waals surface area contributed by atoms with Gasteiger partial charge >= 0.3 is 0 Å². The Bertz CT molecular complexity index is 682. The Kier molecular flexibility index (Phi) is 6.10. The fraction of sp³-hybridized carbons (Fsp3) is 0.400. The van der Waals surface area contributed by atoms with E-state index in [2.05, 4.69) is 54.1 Å². The number of carbonyl (C=O) groups excluding carboxylic acids is 1. The summed E-state index contributed by atoms with van der Waals surface area (Å²) in [5.74, 6) is 0.751. The maximum absolute atomic E-state index is 12.5. The standard InChI is InChI=1S/C20H25N3OS/c1-16-5-7-19(8-6-16)25-15-20(24)23-12-10-22(11-13-23)17(2)18-4-3-9-21-14-18/h3-9,14,17H,10-13,15H2,1-2H3. The summed E-state index contributed by atoms with van der Waals surface area (Å²) in [6.07, 6.45) is 3.74. The van der Waals surface area contributed by atoms with Crippen LogP contribution >= 0.6 is 11.8 Å². The summed E-state index contributed by atoms with van der Waals surface area (Å²) in [5.41, 5.74) is 2.48. The van der Waals surface area contributed by atoms with Crippen LogP contribution in [0.25, 0.3) is 0 Å². The number of amides is 1. The smallest absolute Gasteiger partial charge is 0.233 e. The molecule has 1 aromatic carbocycles. The number of pyridine rings is 1. The van der Waals surface area contributed by atoms with Crippen LogP contribution in [-0.2, 0) is 4.79 Å². The number of aromatic nitrogens is 1. The zero-order valence-corrected chi connectivity index (χ0v) is 15.7. The topological polar surface area (TPSA) is 36.4 Å². The van der Waals surface area contributed by atoms with Crippen molar-refractivity contribution in [2.45, 2.75) is 24.8 Å². The summed E-state index contributed by atoms with van der Waals surface area (Å²) in [6, 6.07) is 12.8. The maximum atomic E-state index is 12.5. The molecule has 1 amide bonds. The van der Waals surface area contributed by atoms with Crippen molar-refractivity contribution >= 4 is 17.7 Å². The van der Waals surface area contributed by atoms with Gasteiger partial charge in [-0.3, -0.25) is 14.7 Å². The summed E-state index contributed by atoms with van der Waals surface area (Å²) in [4.78, 5) is 22.2. The summed E-state index contributed by atoms with van der Waals surface area (Å²) in [7, 11) is 0. The van der Waals surface area contributed by atoms with Crippen LogP contribution in [0.15, 0.2) is 53.7 Å². The van der Waals surface area contributed by atoms with Crippen LogP contribution in [0, 0.1) is 6.92 Å². The van der Waals surface area contributed by atoms with Crippen LogP contribution in [0.2, 0.25) is 0 Å². The molecule has 0 bridgehead atoms. The third kappa shape index (κ3) is 4.83. The van der Waals surface area contributed by atoms with E-state index in [1.807, 2.05) is 17.2 Å². The third-order valence-corrected chi connectivity index (χ3v) is 5.76. The predicted molar refractivity (Wildman–Crippen MR) is 103 cm³/mol. The van der Waals surface area contributed by atoms with Crippen molar-refractivity contribution in [3.63, 3.8) is 0 Å². The monoisotopic (exact) mass is 355 g/mol. The van der Waals surface area contributed by atoms with E-state index in [0.29, 0.717) is 11.8 Å². The molecule has 1 atom stereocenters. The van der Waals surface area contributed by atoms with Crippen molar-refractivity contribution in [3.8, 4) is 0 Å². The molecule has 1 saturated heterocycles. The molecule has 1 aliphatic rings. The molecule has 2 aromatic rings. The quantitative estimate of drug-likeness (QED) is 0.771. The minimum absolute atomic E-state index is 0.235. The molecule has 0 aliphatic carbocycles. The normalized spacial score (nSPS) is 16.6. The molecule has 1 fully saturated rings. The van der Waals surface area contributed by atoms with E-state index in [9.17, 15) is 4.79 Å². The first-order chi connectivity index (χ1) is 12.1. The lowest BCUT2D eigenvalue weighted by atomic mass is 10.1. The highest BCUT2D eigenvalue weighted by Crippen LogP contribution is 2.22. The first-order valence-electron chi connectivity index (χ1n) is 8.75. The van der Waals surface area contributed by atoms with E-state index in [1.165, 1.54) is 11.1 Å². The molecule has 0 N–H and O–H groups in total. The Morgan fingerprint density at radius 1 is 1.16 bits per heavy atom. The Hall–Kier alpha value is -1.85. The Labute approximate surface area is 154 Å². The number of rotatable bonds is 5. The van der Waals surface area contributed by atoms with Crippen molar-refractivity contribution in [1.29, 1.82) is 0 Å². The molecular weight excluding hydrogens is 330 g/mol. The predicted octanol–water partition coefficient (Wildman–Crippen LogP) is 3.39. The molecule has 1 unspecified atom stereocenters. The van der Waals surface area contributed by atoms with E-state index in [4.69, 9.17) is 0 Å². The number of piperazine rings is 1. The molecule has 5 heteroatoms. The van der Waals surface area contributed by atoms with Gasteiger partial charge in [-0.15, -0.1) is 11.8 Å². The van der Waals surface area contributed by atoms with Crippen molar-refractivity contribution in [3.05, 3.63) is 59.9 Å². The molecule has 1 aromatic heterocycles. The van der Waals surface area contributed by atoms with Gasteiger partial charge in [-0.25, -0.2) is 0 Å². The average molecular weight is 356 g/mol. The molecule has 0 radical (unpaired) electrons. The average Bonchev–Trinajstić information content (AvgIpc) is 2.67. The highest BCUT2D eigenvalue weighted by molar-refractivity contribution is 8.00. The lowest BCUT2D eigenvalue weighted by molar-refractivity contribution is -0.130. The van der Waals surface area contributed by atoms with Gasteiger partial charge in [0.2, 0.25) is 5.91 Å². The van der Waals surface area contributed by atoms with Crippen LogP contribution < -0.4 is 0 Å². The molecule has 0 spiro atoms. The summed E-state index contributed by atoms with van der Waals surface area (Å²) >= 11 is 1.62. The molecular formula is C20H25N3OS. The van der Waals surface area contributed by atoms with Gasteiger partial charge in [0.25, 0.3) is 0 Å². The second-order valence-electron chi connectivity index (χ2n) is 6.48. The zero-order valence-electron chi connectivity index (χ0n) is 14.9. The SMILES string of the molecule is Cc1ccc(SCC(=O)N2CCN(C(C)c3cccnc3)CC2)cc1. The van der Waals surface area contributed by atoms with E-state index in [-0.39, 0.29) is 5.91 Å². The molecule has 3 rings (SSSR count). The van der Waals surface area contributed by atoms with Crippen LogP contribution in [0.4, 0.5) is 0 Å². The minimum Gasteiger partial charge on any atom is -0.339 e. The molecule has 0 saturated carbocycles. The minimum atomic E-state index is 0.235. The number of hydrogen-bond acceptors (Lipinski definition) is 4. The first kappa shape index (κ1) is 18.0. The number of benzene rings is 1. The number of hydrogen-bond donors (Lipinski definition) is 0. The van der Waals surface area contributed by atoms with E-state index in [1.54, 1.807) is 18.0 Å². The lowest BCUT2D eigenvalue weighted by Crippen LogP contribution is -2.49. The van der Waals surface area contributed by atoms with Crippen LogP contribution in [0.1, 0.15) is 24.1 Å². The highest BCUT2D eigenvalue weighted by atomic mass is 32.2. The number of thioether (sulfide) groups is 1. The van der Waals surface area contributed by atoms with E-state index >= 15 is 0 Å². The second kappa shape index (κ2) is 8.50. The summed E-state index contributed by atoms with van der Waals surface area (Å²) < 4.78 is 0. The van der Waals surface area contributed by atoms with Gasteiger partial charge in [-0.05, 0) is 37.6 Å². The van der Waals surface area contributed by atoms with Gasteiger partial charge in [-0.2, -0.15) is 0 Å². The molecule has 4 nitrogen and oxygen atoms in total. The van der Waals surface area contributed by atoms with Gasteiger partial charge in [0.1, 0.15) is 0 Å². The van der Waals surface area contributed by atoms with Crippen molar-refractivity contribution < 1.29 is 4.79 Å². The van der Waals surface area contributed by atoms with Gasteiger partial charge in [0.05, 0.1) is 5.75 Å². The van der Waals surface area contributed by atoms with Gasteiger partial charge in [0.15, 0.2) is 0 Å². The van der Waals surface area contributed by atoms with E-state index < -0.39 is 0 Å². The van der Waals surface area contributed by atoms with Crippen molar-refractivity contribution in [2.24, 2.45) is 0 Å². The highest BCUT2D eigenvalue weighted by Gasteiger charge is 2.24. The van der Waals surface area contributed by atoms with Crippen LogP contribution in [0.5, 0.6) is 0 Å². The molecule has 132 valence electrons. The number of nitrogens with zero attached hydrogens (tertiary/aromatic N) is 3. The summed E-state index contributed by atoms with van der Waals surface area (Å²) in [6.45, 7) is 7.72. The Morgan fingerprint density at radius 2 is 1.88 bits per heavy atom. The van der Waals surface area contributed by atoms with Crippen molar-refractivity contribution in [2.75, 3.05) is 31.9 Å². The molecule has 1 aliphatic heterocycles. The third-order valence-electron chi connectivity index (χ3n) is 4.76. The number of aryl methyl sites for hydroxylation is 1. The maximum Gasteiger partial charge on any atom is 0.233 e. The number of carbonyl (C=O) groups is 1. The second-order valence-corrected chi connectivity index (χ2v) is 7.53. The summed E-state index contributed by atoms with van der Waals surface area (Å²) in [5, 5.41) is 0. The molecule has 2 heterocycles. The first-order valence-corrected chi connectivity index (χ1v) is 9.73. The van der Waals surface area contributed by atoms with Crippen LogP contribution in [-0.4, -0.2) is 52.6 Å². The van der Waals surface area contributed by atoms with Crippen LogP contribution in [0.3, 0.4) is 0 Å². The van der Waals surface area contributed by atoms with Gasteiger partial charge in [-0.1, -0.05) is 23.8 Å². The fourth-order valence-corrected chi connectivity index (χ4v) is 3.86. The Morgan fingerprint density at radius 3 is 2.52 bits per heavy atom. The molecule has 25 heavy (non-hydrogen) atoms.